The molecule has 0 aromatic heterocycles. The zero-order valence-corrected chi connectivity index (χ0v) is 22.5. The number of amides is 4. The van der Waals surface area contributed by atoms with Crippen molar-refractivity contribution in [1.82, 2.24) is 21.4 Å². The van der Waals surface area contributed by atoms with E-state index in [9.17, 15) is 24.1 Å². The molecule has 0 fully saturated rings. The number of nitroso groups, excluding NO2 is 1. The summed E-state index contributed by atoms with van der Waals surface area (Å²) in [6.07, 6.45) is 1.40. The van der Waals surface area contributed by atoms with Gasteiger partial charge in [0, 0.05) is 5.18 Å². The van der Waals surface area contributed by atoms with E-state index in [-0.39, 0.29) is 30.1 Å². The summed E-state index contributed by atoms with van der Waals surface area (Å²) in [4.78, 5) is 61.7. The maximum absolute atomic E-state index is 13.2. The van der Waals surface area contributed by atoms with Gasteiger partial charge in [0.2, 0.25) is 17.7 Å². The highest BCUT2D eigenvalue weighted by molar-refractivity contribution is 5.94. The summed E-state index contributed by atoms with van der Waals surface area (Å²) in [7, 11) is 0. The van der Waals surface area contributed by atoms with Gasteiger partial charge in [-0.1, -0.05) is 55.4 Å². The molecule has 6 N–H and O–H groups in total. The first-order valence-corrected chi connectivity index (χ1v) is 12.5. The molecular formula is C24H46N6O5. The minimum absolute atomic E-state index is 0.0321. The van der Waals surface area contributed by atoms with Crippen LogP contribution in [0.1, 0.15) is 81.1 Å². The zero-order valence-electron chi connectivity index (χ0n) is 22.5. The van der Waals surface area contributed by atoms with E-state index in [2.05, 4.69) is 26.6 Å². The second-order valence-corrected chi connectivity index (χ2v) is 10.9. The van der Waals surface area contributed by atoms with Crippen molar-refractivity contribution in [3.8, 4) is 0 Å². The van der Waals surface area contributed by atoms with Gasteiger partial charge < -0.3 is 16.0 Å². The van der Waals surface area contributed by atoms with Crippen molar-refractivity contribution >= 4 is 23.6 Å². The number of nitrogens with one attached hydrogen (secondary N) is 4. The van der Waals surface area contributed by atoms with E-state index in [1.165, 1.54) is 0 Å². The third kappa shape index (κ3) is 13.3. The summed E-state index contributed by atoms with van der Waals surface area (Å²) in [6.45, 7) is 15.3. The molecule has 35 heavy (non-hydrogen) atoms. The Morgan fingerprint density at radius 2 is 0.857 bits per heavy atom. The van der Waals surface area contributed by atoms with Gasteiger partial charge in [0.1, 0.15) is 18.1 Å². The monoisotopic (exact) mass is 498 g/mol. The summed E-state index contributed by atoms with van der Waals surface area (Å²) in [5.41, 5.74) is 2.49. The fraction of sp³-hybridized carbons (Fsp3) is 0.833. The molecule has 0 saturated carbocycles. The van der Waals surface area contributed by atoms with E-state index < -0.39 is 47.8 Å². The molecule has 0 aliphatic heterocycles. The molecule has 0 aliphatic rings. The van der Waals surface area contributed by atoms with Gasteiger partial charge in [0.25, 0.3) is 0 Å². The van der Waals surface area contributed by atoms with E-state index in [1.54, 1.807) is 0 Å². The number of nitrogens with two attached hydrogens (primary N) is 1. The second kappa shape index (κ2) is 16.3. The first kappa shape index (κ1) is 32.6. The third-order valence-electron chi connectivity index (χ3n) is 5.32. The smallest absolute Gasteiger partial charge is 0.308 e. The number of hydrogen-bond donors (Lipinski definition) is 5. The first-order valence-electron chi connectivity index (χ1n) is 12.5. The number of rotatable bonds is 16. The molecule has 0 heterocycles. The van der Waals surface area contributed by atoms with Crippen LogP contribution in [0.15, 0.2) is 5.18 Å². The fourth-order valence-electron chi connectivity index (χ4n) is 3.70. The van der Waals surface area contributed by atoms with Gasteiger partial charge in [-0.25, -0.2) is 5.43 Å². The molecule has 4 amide bonds. The van der Waals surface area contributed by atoms with Crippen LogP contribution in [0.2, 0.25) is 0 Å². The lowest BCUT2D eigenvalue weighted by molar-refractivity contribution is -0.134. The van der Waals surface area contributed by atoms with Gasteiger partial charge in [-0.3, -0.25) is 25.0 Å². The van der Waals surface area contributed by atoms with Gasteiger partial charge in [-0.2, -0.15) is 0 Å². The number of hydrazine groups is 1. The van der Waals surface area contributed by atoms with Crippen molar-refractivity contribution < 1.29 is 19.2 Å². The standard InChI is InChI=1S/C24H46N6O5/c1-13(2)9-17(22(32)28-19(11-15(5)6)24(34)30-35)26-21(31)18(10-14(3)4)27-23(33)20(29-25)12-16(7)8/h13-20,29H,9-12,25H2,1-8H3,(H,26,31)(H,27,33)(H,28,32). The second-order valence-electron chi connectivity index (χ2n) is 10.9. The first-order chi connectivity index (χ1) is 16.2. The van der Waals surface area contributed by atoms with Crippen LogP contribution in [0, 0.1) is 28.6 Å². The van der Waals surface area contributed by atoms with Gasteiger partial charge in [-0.05, 0) is 49.4 Å². The Hall–Kier alpha value is -2.40. The topological polar surface area (TPSA) is 172 Å². The Labute approximate surface area is 209 Å². The highest BCUT2D eigenvalue weighted by Gasteiger charge is 2.32. The lowest BCUT2D eigenvalue weighted by Gasteiger charge is -2.27. The molecule has 202 valence electrons. The lowest BCUT2D eigenvalue weighted by Crippen LogP contribution is -2.58. The molecule has 0 bridgehead atoms. The average molecular weight is 499 g/mol. The maximum atomic E-state index is 13.2. The van der Waals surface area contributed by atoms with Crippen molar-refractivity contribution in [3.63, 3.8) is 0 Å². The van der Waals surface area contributed by atoms with Crippen molar-refractivity contribution in [2.45, 2.75) is 105 Å². The van der Waals surface area contributed by atoms with Crippen molar-refractivity contribution in [2.24, 2.45) is 34.7 Å². The zero-order chi connectivity index (χ0) is 27.3. The summed E-state index contributed by atoms with van der Waals surface area (Å²) in [5, 5.41) is 10.5. The van der Waals surface area contributed by atoms with Crippen LogP contribution >= 0.6 is 0 Å². The normalized spacial score (nSPS) is 15.0. The average Bonchev–Trinajstić information content (AvgIpc) is 2.73. The van der Waals surface area contributed by atoms with E-state index in [0.29, 0.717) is 19.3 Å². The fourth-order valence-corrected chi connectivity index (χ4v) is 3.70. The molecule has 0 spiro atoms. The minimum atomic E-state index is -1.06. The van der Waals surface area contributed by atoms with Crippen LogP contribution in [-0.2, 0) is 19.2 Å². The summed E-state index contributed by atoms with van der Waals surface area (Å²) in [5.74, 6) is 3.48. The number of nitrogens with zero attached hydrogens (tertiary/aromatic N) is 1. The molecule has 0 aromatic carbocycles. The van der Waals surface area contributed by atoms with E-state index in [1.807, 2.05) is 55.4 Å². The highest BCUT2D eigenvalue weighted by Crippen LogP contribution is 2.12. The third-order valence-corrected chi connectivity index (χ3v) is 5.32. The quantitative estimate of drug-likeness (QED) is 0.122. The summed E-state index contributed by atoms with van der Waals surface area (Å²) in [6, 6.07) is -3.56. The van der Waals surface area contributed by atoms with Gasteiger partial charge >= 0.3 is 5.91 Å². The van der Waals surface area contributed by atoms with Gasteiger partial charge in [0.15, 0.2) is 0 Å². The molecular weight excluding hydrogens is 452 g/mol. The Bertz CT molecular complexity index is 711. The molecule has 0 radical (unpaired) electrons. The Kier molecular flexibility index (Phi) is 15.2. The van der Waals surface area contributed by atoms with Crippen LogP contribution in [-0.4, -0.2) is 47.8 Å². The van der Waals surface area contributed by atoms with E-state index in [4.69, 9.17) is 5.84 Å². The molecule has 11 heteroatoms. The van der Waals surface area contributed by atoms with Crippen molar-refractivity contribution in [2.75, 3.05) is 0 Å². The van der Waals surface area contributed by atoms with Gasteiger partial charge in [-0.15, -0.1) is 4.91 Å². The SMILES string of the molecule is CC(C)CC(NC(=O)C(CC(C)C)NC(=O)C(CC(C)C)NC(=O)C(CC(C)C)NN)C(=O)N=O. The number of carbonyl (C=O) groups is 4. The van der Waals surface area contributed by atoms with Crippen LogP contribution in [0.4, 0.5) is 0 Å². The molecule has 11 nitrogen and oxygen atoms in total. The van der Waals surface area contributed by atoms with Crippen molar-refractivity contribution in [1.29, 1.82) is 0 Å². The Balaban J connectivity index is 5.66. The summed E-state index contributed by atoms with van der Waals surface area (Å²) >= 11 is 0. The van der Waals surface area contributed by atoms with Crippen LogP contribution in [0.25, 0.3) is 0 Å². The van der Waals surface area contributed by atoms with Crippen LogP contribution in [0.3, 0.4) is 0 Å². The summed E-state index contributed by atoms with van der Waals surface area (Å²) < 4.78 is 0. The number of carbonyl (C=O) groups excluding carboxylic acids is 4. The van der Waals surface area contributed by atoms with Crippen molar-refractivity contribution in [3.05, 3.63) is 4.91 Å². The molecule has 0 rings (SSSR count). The predicted octanol–water partition coefficient (Wildman–Crippen LogP) is 1.75. The molecule has 0 aliphatic carbocycles. The van der Waals surface area contributed by atoms with Crippen LogP contribution in [0.5, 0.6) is 0 Å². The highest BCUT2D eigenvalue weighted by atomic mass is 16.3. The largest absolute Gasteiger partial charge is 0.343 e. The van der Waals surface area contributed by atoms with Gasteiger partial charge in [0.05, 0.1) is 6.04 Å². The Morgan fingerprint density at radius 1 is 0.571 bits per heavy atom. The lowest BCUT2D eigenvalue weighted by atomic mass is 9.98. The number of hydrogen-bond acceptors (Lipinski definition) is 7. The molecule has 0 saturated heterocycles. The Morgan fingerprint density at radius 3 is 1.17 bits per heavy atom. The van der Waals surface area contributed by atoms with E-state index >= 15 is 0 Å². The van der Waals surface area contributed by atoms with E-state index in [0.717, 1.165) is 0 Å². The molecule has 4 unspecified atom stereocenters. The molecule has 4 atom stereocenters. The maximum Gasteiger partial charge on any atom is 0.308 e. The molecule has 0 aromatic rings. The predicted molar refractivity (Wildman–Crippen MR) is 136 cm³/mol. The van der Waals surface area contributed by atoms with Crippen LogP contribution < -0.4 is 27.2 Å². The minimum Gasteiger partial charge on any atom is -0.343 e.